The van der Waals surface area contributed by atoms with Crippen molar-refractivity contribution in [2.24, 2.45) is 0 Å². The number of benzene rings is 1. The van der Waals surface area contributed by atoms with Crippen LogP contribution in [0.4, 0.5) is 18.9 Å². The van der Waals surface area contributed by atoms with Crippen LogP contribution in [0, 0.1) is 0 Å². The Kier molecular flexibility index (Phi) is 7.26. The van der Waals surface area contributed by atoms with Crippen LogP contribution in [0.5, 0.6) is 0 Å². The van der Waals surface area contributed by atoms with Gasteiger partial charge in [-0.1, -0.05) is 6.07 Å². The van der Waals surface area contributed by atoms with Gasteiger partial charge in [-0.3, -0.25) is 14.8 Å². The second-order valence-corrected chi connectivity index (χ2v) is 6.99. The monoisotopic (exact) mass is 446 g/mol. The summed E-state index contributed by atoms with van der Waals surface area (Å²) < 4.78 is 38.1. The molecule has 2 amide bonds. The number of hydrogen-bond acceptors (Lipinski definition) is 5. The lowest BCUT2D eigenvalue weighted by molar-refractivity contribution is -0.137. The highest BCUT2D eigenvalue weighted by Gasteiger charge is 2.30. The van der Waals surface area contributed by atoms with Crippen LogP contribution in [0.25, 0.3) is 12.2 Å². The van der Waals surface area contributed by atoms with E-state index in [0.29, 0.717) is 43.3 Å². The molecular formula is C22H21F3N4O3. The SMILES string of the molecule is O=C(/C=C/c1cccc(/C=C/C(=O)N2CCN(c3ccc(C(F)(F)F)cc3)CC2)n1)NO. The molecule has 1 fully saturated rings. The molecule has 1 aliphatic rings. The van der Waals surface area contributed by atoms with Crippen molar-refractivity contribution in [2.75, 3.05) is 31.1 Å². The average Bonchev–Trinajstić information content (AvgIpc) is 2.81. The van der Waals surface area contributed by atoms with Gasteiger partial charge in [0.1, 0.15) is 0 Å². The third-order valence-corrected chi connectivity index (χ3v) is 4.86. The summed E-state index contributed by atoms with van der Waals surface area (Å²) in [5.74, 6) is -0.877. The van der Waals surface area contributed by atoms with E-state index in [1.807, 2.05) is 4.90 Å². The van der Waals surface area contributed by atoms with Crippen molar-refractivity contribution in [3.63, 3.8) is 0 Å². The molecule has 1 aromatic heterocycles. The zero-order valence-electron chi connectivity index (χ0n) is 16.9. The first-order valence-corrected chi connectivity index (χ1v) is 9.74. The van der Waals surface area contributed by atoms with E-state index in [4.69, 9.17) is 5.21 Å². The molecule has 2 aromatic rings. The van der Waals surface area contributed by atoms with Crippen LogP contribution < -0.4 is 10.4 Å². The van der Waals surface area contributed by atoms with Gasteiger partial charge in [-0.15, -0.1) is 0 Å². The van der Waals surface area contributed by atoms with Crippen LogP contribution >= 0.6 is 0 Å². The molecule has 1 saturated heterocycles. The number of aromatic nitrogens is 1. The summed E-state index contributed by atoms with van der Waals surface area (Å²) in [6, 6.07) is 10.1. The molecule has 0 atom stereocenters. The van der Waals surface area contributed by atoms with Gasteiger partial charge in [0.15, 0.2) is 0 Å². The van der Waals surface area contributed by atoms with Gasteiger partial charge in [0.25, 0.3) is 5.91 Å². The van der Waals surface area contributed by atoms with Crippen LogP contribution in [-0.2, 0) is 15.8 Å². The molecule has 0 spiro atoms. The number of halogens is 3. The molecule has 2 heterocycles. The Hall–Kier alpha value is -3.66. The van der Waals surface area contributed by atoms with Crippen LogP contribution in [0.1, 0.15) is 17.0 Å². The number of pyridine rings is 1. The molecule has 168 valence electrons. The van der Waals surface area contributed by atoms with Crippen LogP contribution in [0.15, 0.2) is 54.6 Å². The molecule has 2 N–H and O–H groups in total. The summed E-state index contributed by atoms with van der Waals surface area (Å²) in [6.07, 6.45) is 1.15. The standard InChI is InChI=1S/C22H21F3N4O3/c23-22(24,25)16-4-8-19(9-5-16)28-12-14-29(15-13-28)21(31)11-7-18-3-1-2-17(26-18)6-10-20(30)27-32/h1-11,32H,12-15H2,(H,27,30)/b10-6+,11-7+. The second-order valence-electron chi connectivity index (χ2n) is 6.99. The lowest BCUT2D eigenvalue weighted by Gasteiger charge is -2.35. The Morgan fingerprint density at radius 2 is 1.53 bits per heavy atom. The Bertz CT molecular complexity index is 1010. The Morgan fingerprint density at radius 3 is 2.09 bits per heavy atom. The summed E-state index contributed by atoms with van der Waals surface area (Å²) in [5, 5.41) is 8.49. The molecule has 0 radical (unpaired) electrons. The topological polar surface area (TPSA) is 85.8 Å². The molecule has 0 aliphatic carbocycles. The number of hydroxylamine groups is 1. The molecule has 10 heteroatoms. The number of rotatable bonds is 5. The van der Waals surface area contributed by atoms with Crippen molar-refractivity contribution in [3.8, 4) is 0 Å². The van der Waals surface area contributed by atoms with Gasteiger partial charge in [-0.05, 0) is 48.6 Å². The highest BCUT2D eigenvalue weighted by Crippen LogP contribution is 2.30. The Labute approximate surface area is 182 Å². The first-order valence-electron chi connectivity index (χ1n) is 9.74. The van der Waals surface area contributed by atoms with Crippen molar-refractivity contribution in [3.05, 3.63) is 71.6 Å². The summed E-state index contributed by atoms with van der Waals surface area (Å²) in [7, 11) is 0. The quantitative estimate of drug-likeness (QED) is 0.419. The molecule has 3 rings (SSSR count). The third-order valence-electron chi connectivity index (χ3n) is 4.86. The fourth-order valence-electron chi connectivity index (χ4n) is 3.16. The molecule has 1 aromatic carbocycles. The number of nitrogens with one attached hydrogen (secondary N) is 1. The lowest BCUT2D eigenvalue weighted by Crippen LogP contribution is -2.48. The highest BCUT2D eigenvalue weighted by atomic mass is 19.4. The fourth-order valence-corrected chi connectivity index (χ4v) is 3.16. The van der Waals surface area contributed by atoms with Gasteiger partial charge in [0.2, 0.25) is 5.91 Å². The van der Waals surface area contributed by atoms with Crippen molar-refractivity contribution in [1.29, 1.82) is 0 Å². The highest BCUT2D eigenvalue weighted by molar-refractivity contribution is 5.92. The summed E-state index contributed by atoms with van der Waals surface area (Å²) >= 11 is 0. The van der Waals surface area contributed by atoms with E-state index in [0.717, 1.165) is 18.2 Å². The Balaban J connectivity index is 1.55. The molecule has 0 saturated carbocycles. The van der Waals surface area contributed by atoms with Crippen molar-refractivity contribution in [1.82, 2.24) is 15.4 Å². The first kappa shape index (κ1) is 23.0. The predicted octanol–water partition coefficient (Wildman–Crippen LogP) is 2.98. The van der Waals surface area contributed by atoms with Crippen molar-refractivity contribution < 1.29 is 28.0 Å². The van der Waals surface area contributed by atoms with Crippen LogP contribution in [0.3, 0.4) is 0 Å². The summed E-state index contributed by atoms with van der Waals surface area (Å²) in [5.41, 5.74) is 2.48. The maximum atomic E-state index is 12.7. The lowest BCUT2D eigenvalue weighted by atomic mass is 10.1. The van der Waals surface area contributed by atoms with Gasteiger partial charge >= 0.3 is 6.18 Å². The minimum Gasteiger partial charge on any atom is -0.368 e. The maximum absolute atomic E-state index is 12.7. The maximum Gasteiger partial charge on any atom is 0.416 e. The van der Waals surface area contributed by atoms with Gasteiger partial charge < -0.3 is 9.80 Å². The number of amides is 2. The predicted molar refractivity (Wildman–Crippen MR) is 112 cm³/mol. The summed E-state index contributed by atoms with van der Waals surface area (Å²) in [6.45, 7) is 1.90. The van der Waals surface area contributed by atoms with Gasteiger partial charge in [0, 0.05) is 44.0 Å². The summed E-state index contributed by atoms with van der Waals surface area (Å²) in [4.78, 5) is 31.4. The zero-order valence-corrected chi connectivity index (χ0v) is 16.9. The average molecular weight is 446 g/mol. The van der Waals surface area contributed by atoms with E-state index in [2.05, 4.69) is 4.98 Å². The Morgan fingerprint density at radius 1 is 0.938 bits per heavy atom. The second kappa shape index (κ2) is 10.1. The molecule has 0 unspecified atom stereocenters. The van der Waals surface area contributed by atoms with Crippen molar-refractivity contribution >= 4 is 29.7 Å². The van der Waals surface area contributed by atoms with Crippen LogP contribution in [-0.4, -0.2) is 53.1 Å². The largest absolute Gasteiger partial charge is 0.416 e. The van der Waals surface area contributed by atoms with Crippen LogP contribution in [0.2, 0.25) is 0 Å². The van der Waals surface area contributed by atoms with Gasteiger partial charge in [-0.2, -0.15) is 13.2 Å². The third kappa shape index (κ3) is 6.17. The van der Waals surface area contributed by atoms with Crippen molar-refractivity contribution in [2.45, 2.75) is 6.18 Å². The van der Waals surface area contributed by atoms with E-state index in [1.54, 1.807) is 29.2 Å². The van der Waals surface area contributed by atoms with Gasteiger partial charge in [-0.25, -0.2) is 10.5 Å². The molecular weight excluding hydrogens is 425 g/mol. The number of nitrogens with zero attached hydrogens (tertiary/aromatic N) is 3. The molecule has 0 bridgehead atoms. The fraction of sp³-hybridized carbons (Fsp3) is 0.227. The smallest absolute Gasteiger partial charge is 0.368 e. The van der Waals surface area contributed by atoms with E-state index in [-0.39, 0.29) is 5.91 Å². The molecule has 1 aliphatic heterocycles. The number of piperazine rings is 1. The van der Waals surface area contributed by atoms with E-state index < -0.39 is 17.6 Å². The first-order chi connectivity index (χ1) is 15.3. The number of carbonyl (C=O) groups is 2. The van der Waals surface area contributed by atoms with E-state index >= 15 is 0 Å². The minimum absolute atomic E-state index is 0.195. The molecule has 32 heavy (non-hydrogen) atoms. The zero-order chi connectivity index (χ0) is 23.1. The molecule has 7 nitrogen and oxygen atoms in total. The number of hydrogen-bond donors (Lipinski definition) is 2. The van der Waals surface area contributed by atoms with Gasteiger partial charge in [0.05, 0.1) is 17.0 Å². The minimum atomic E-state index is -4.37. The number of anilines is 1. The van der Waals surface area contributed by atoms with E-state index in [1.165, 1.54) is 29.8 Å². The normalized spacial score (nSPS) is 14.9. The number of carbonyl (C=O) groups excluding carboxylic acids is 2. The number of alkyl halides is 3. The van der Waals surface area contributed by atoms with E-state index in [9.17, 15) is 22.8 Å².